The van der Waals surface area contributed by atoms with Crippen LogP contribution in [0, 0.1) is 6.92 Å². The molecule has 0 aliphatic heterocycles. The second kappa shape index (κ2) is 6.32. The van der Waals surface area contributed by atoms with E-state index in [1.807, 2.05) is 6.92 Å². The fraction of sp³-hybridized carbons (Fsp3) is 0.444. The molecule has 1 unspecified atom stereocenters. The standard InChI is InChI=1S/C18H19F3N6O/c1-9(12-8-26(3)24-10(12)2)22-17(28)14-7-16-23-13(11-4-5-11)6-15(18(19,20)21)27(16)25-14/h6-9,11H,4-5H2,1-3H3,(H,22,28). The van der Waals surface area contributed by atoms with Crippen LogP contribution in [-0.4, -0.2) is 30.3 Å². The molecular weight excluding hydrogens is 373 g/mol. The zero-order valence-corrected chi connectivity index (χ0v) is 15.6. The molecule has 1 N–H and O–H groups in total. The summed E-state index contributed by atoms with van der Waals surface area (Å²) in [5, 5.41) is 10.9. The lowest BCUT2D eigenvalue weighted by Crippen LogP contribution is -2.27. The summed E-state index contributed by atoms with van der Waals surface area (Å²) >= 11 is 0. The maximum Gasteiger partial charge on any atom is 0.433 e. The number of aryl methyl sites for hydroxylation is 2. The number of carbonyl (C=O) groups excluding carboxylic acids is 1. The molecule has 1 aliphatic rings. The van der Waals surface area contributed by atoms with Crippen molar-refractivity contribution in [1.82, 2.24) is 29.7 Å². The van der Waals surface area contributed by atoms with Gasteiger partial charge in [0.1, 0.15) is 5.69 Å². The highest BCUT2D eigenvalue weighted by atomic mass is 19.4. The van der Waals surface area contributed by atoms with Crippen LogP contribution in [-0.2, 0) is 13.2 Å². The van der Waals surface area contributed by atoms with Gasteiger partial charge in [-0.15, -0.1) is 0 Å². The molecule has 1 saturated carbocycles. The van der Waals surface area contributed by atoms with Gasteiger partial charge >= 0.3 is 6.18 Å². The predicted octanol–water partition coefficient (Wildman–Crippen LogP) is 3.16. The molecule has 3 aromatic heterocycles. The van der Waals surface area contributed by atoms with Crippen molar-refractivity contribution < 1.29 is 18.0 Å². The molecule has 10 heteroatoms. The average molecular weight is 392 g/mol. The summed E-state index contributed by atoms with van der Waals surface area (Å²) in [7, 11) is 1.77. The van der Waals surface area contributed by atoms with E-state index in [4.69, 9.17) is 0 Å². The predicted molar refractivity (Wildman–Crippen MR) is 93.8 cm³/mol. The number of alkyl halides is 3. The van der Waals surface area contributed by atoms with Crippen LogP contribution < -0.4 is 5.32 Å². The fourth-order valence-electron chi connectivity index (χ4n) is 3.29. The van der Waals surface area contributed by atoms with Crippen LogP contribution in [0.4, 0.5) is 13.2 Å². The van der Waals surface area contributed by atoms with Gasteiger partial charge in [-0.2, -0.15) is 23.4 Å². The fourth-order valence-corrected chi connectivity index (χ4v) is 3.29. The number of rotatable bonds is 4. The number of hydrogen-bond donors (Lipinski definition) is 1. The van der Waals surface area contributed by atoms with Crippen LogP contribution in [0.1, 0.15) is 64.9 Å². The van der Waals surface area contributed by atoms with E-state index in [2.05, 4.69) is 20.5 Å². The van der Waals surface area contributed by atoms with Gasteiger partial charge in [-0.05, 0) is 32.8 Å². The molecule has 1 aliphatic carbocycles. The molecule has 1 atom stereocenters. The Hall–Kier alpha value is -2.91. The third-order valence-electron chi connectivity index (χ3n) is 4.83. The molecular formula is C18H19F3N6O. The van der Waals surface area contributed by atoms with Crippen LogP contribution in [0.3, 0.4) is 0 Å². The average Bonchev–Trinajstić information content (AvgIpc) is 3.26. The molecule has 28 heavy (non-hydrogen) atoms. The van der Waals surface area contributed by atoms with E-state index in [0.717, 1.165) is 30.2 Å². The second-order valence-electron chi connectivity index (χ2n) is 7.18. The normalized spacial score (nSPS) is 15.8. The summed E-state index contributed by atoms with van der Waals surface area (Å²) in [5.41, 5.74) is 0.970. The highest BCUT2D eigenvalue weighted by Crippen LogP contribution is 2.41. The van der Waals surface area contributed by atoms with E-state index in [1.165, 1.54) is 6.07 Å². The molecule has 0 saturated heterocycles. The maximum absolute atomic E-state index is 13.5. The van der Waals surface area contributed by atoms with Gasteiger partial charge in [0.15, 0.2) is 11.3 Å². The molecule has 1 fully saturated rings. The lowest BCUT2D eigenvalue weighted by atomic mass is 10.1. The summed E-state index contributed by atoms with van der Waals surface area (Å²) in [4.78, 5) is 16.9. The minimum absolute atomic E-state index is 0.0205. The van der Waals surface area contributed by atoms with Gasteiger partial charge in [0.2, 0.25) is 0 Å². The van der Waals surface area contributed by atoms with Crippen LogP contribution in [0.5, 0.6) is 0 Å². The van der Waals surface area contributed by atoms with Crippen molar-refractivity contribution in [2.45, 2.75) is 44.8 Å². The van der Waals surface area contributed by atoms with E-state index < -0.39 is 17.8 Å². The van der Waals surface area contributed by atoms with Crippen molar-refractivity contribution in [1.29, 1.82) is 0 Å². The topological polar surface area (TPSA) is 77.1 Å². The summed E-state index contributed by atoms with van der Waals surface area (Å²) in [6.07, 6.45) is -1.16. The number of aromatic nitrogens is 5. The zero-order valence-electron chi connectivity index (χ0n) is 15.6. The summed E-state index contributed by atoms with van der Waals surface area (Å²) in [6.45, 7) is 3.60. The SMILES string of the molecule is Cc1nn(C)cc1C(C)NC(=O)c1cc2nc(C3CC3)cc(C(F)(F)F)n2n1. The Kier molecular flexibility index (Phi) is 4.16. The summed E-state index contributed by atoms with van der Waals surface area (Å²) < 4.78 is 42.7. The number of nitrogens with one attached hydrogen (secondary N) is 1. The number of fused-ring (bicyclic) bond motifs is 1. The van der Waals surface area contributed by atoms with Crippen LogP contribution in [0.25, 0.3) is 5.65 Å². The van der Waals surface area contributed by atoms with Crippen molar-refractivity contribution in [3.8, 4) is 0 Å². The molecule has 0 aromatic carbocycles. The van der Waals surface area contributed by atoms with Crippen LogP contribution in [0.15, 0.2) is 18.3 Å². The zero-order chi connectivity index (χ0) is 20.2. The van der Waals surface area contributed by atoms with Gasteiger partial charge < -0.3 is 5.32 Å². The number of nitrogens with zero attached hydrogens (tertiary/aromatic N) is 5. The number of amides is 1. The minimum Gasteiger partial charge on any atom is -0.344 e. The van der Waals surface area contributed by atoms with Gasteiger partial charge in [-0.3, -0.25) is 9.48 Å². The first kappa shape index (κ1) is 18.5. The lowest BCUT2D eigenvalue weighted by molar-refractivity contribution is -0.142. The quantitative estimate of drug-likeness (QED) is 0.740. The van der Waals surface area contributed by atoms with E-state index in [0.29, 0.717) is 10.2 Å². The van der Waals surface area contributed by atoms with Crippen LogP contribution in [0.2, 0.25) is 0 Å². The first-order chi connectivity index (χ1) is 13.1. The third-order valence-corrected chi connectivity index (χ3v) is 4.83. The van der Waals surface area contributed by atoms with Gasteiger partial charge in [-0.25, -0.2) is 9.50 Å². The Labute approximate surface area is 158 Å². The molecule has 148 valence electrons. The Balaban J connectivity index is 1.67. The number of carbonyl (C=O) groups is 1. The van der Waals surface area contributed by atoms with Gasteiger partial charge in [0.25, 0.3) is 5.91 Å². The smallest absolute Gasteiger partial charge is 0.344 e. The van der Waals surface area contributed by atoms with Crippen molar-refractivity contribution in [3.63, 3.8) is 0 Å². The molecule has 3 aromatic rings. The van der Waals surface area contributed by atoms with Crippen molar-refractivity contribution in [2.75, 3.05) is 0 Å². The first-order valence-corrected chi connectivity index (χ1v) is 8.92. The highest BCUT2D eigenvalue weighted by molar-refractivity contribution is 5.93. The van der Waals surface area contributed by atoms with Gasteiger partial charge in [0.05, 0.1) is 11.7 Å². The van der Waals surface area contributed by atoms with Crippen LogP contribution >= 0.6 is 0 Å². The Bertz CT molecular complexity index is 1060. The van der Waals surface area contributed by atoms with Crippen molar-refractivity contribution in [3.05, 3.63) is 46.7 Å². The number of halogens is 3. The second-order valence-corrected chi connectivity index (χ2v) is 7.18. The highest BCUT2D eigenvalue weighted by Gasteiger charge is 2.37. The Morgan fingerprint density at radius 3 is 2.57 bits per heavy atom. The molecule has 7 nitrogen and oxygen atoms in total. The molecule has 1 amide bonds. The van der Waals surface area contributed by atoms with E-state index >= 15 is 0 Å². The first-order valence-electron chi connectivity index (χ1n) is 8.92. The van der Waals surface area contributed by atoms with Crippen molar-refractivity contribution >= 4 is 11.6 Å². The molecule has 0 bridgehead atoms. The Morgan fingerprint density at radius 1 is 1.29 bits per heavy atom. The van der Waals surface area contributed by atoms with Crippen molar-refractivity contribution in [2.24, 2.45) is 7.05 Å². The third kappa shape index (κ3) is 3.34. The summed E-state index contributed by atoms with van der Waals surface area (Å²) in [6, 6.07) is 1.95. The largest absolute Gasteiger partial charge is 0.433 e. The molecule has 0 radical (unpaired) electrons. The Morgan fingerprint density at radius 2 is 2.00 bits per heavy atom. The van der Waals surface area contributed by atoms with E-state index in [9.17, 15) is 18.0 Å². The summed E-state index contributed by atoms with van der Waals surface area (Å²) in [5.74, 6) is -0.519. The molecule has 0 spiro atoms. The molecule has 3 heterocycles. The monoisotopic (exact) mass is 392 g/mol. The van der Waals surface area contributed by atoms with E-state index in [-0.39, 0.29) is 23.3 Å². The maximum atomic E-state index is 13.5. The van der Waals surface area contributed by atoms with Gasteiger partial charge in [-0.1, -0.05) is 0 Å². The minimum atomic E-state index is -4.59. The number of hydrogen-bond acceptors (Lipinski definition) is 4. The van der Waals surface area contributed by atoms with E-state index in [1.54, 1.807) is 24.9 Å². The lowest BCUT2D eigenvalue weighted by Gasteiger charge is -2.12. The molecule has 4 rings (SSSR count). The van der Waals surface area contributed by atoms with Gasteiger partial charge in [0, 0.05) is 36.5 Å².